The van der Waals surface area contributed by atoms with Crippen molar-refractivity contribution in [2.75, 3.05) is 6.61 Å². The third-order valence-corrected chi connectivity index (χ3v) is 15.6. The Balaban J connectivity index is 1.12. The number of nitrogens with zero attached hydrogens (tertiary/aromatic N) is 3. The Bertz CT molecular complexity index is 2750. The van der Waals surface area contributed by atoms with E-state index in [-0.39, 0.29) is 52.7 Å². The van der Waals surface area contributed by atoms with Crippen LogP contribution in [-0.2, 0) is 87.1 Å². The number of unbranched alkanes of at least 4 members (excludes halogenated alkanes) is 12. The lowest BCUT2D eigenvalue weighted by molar-refractivity contribution is -0.336. The number of rotatable bonds is 37. The van der Waals surface area contributed by atoms with Crippen LogP contribution in [0.25, 0.3) is 10.4 Å². The van der Waals surface area contributed by atoms with E-state index in [0.717, 1.165) is 52.6 Å². The molecule has 84 heavy (non-hydrogen) atoms. The molecule has 6 aromatic carbocycles. The minimum Gasteiger partial charge on any atom is -0.457 e. The van der Waals surface area contributed by atoms with Gasteiger partial charge in [0.05, 0.1) is 46.2 Å². The first-order valence-corrected chi connectivity index (χ1v) is 30.6. The van der Waals surface area contributed by atoms with E-state index in [4.69, 9.17) is 42.6 Å². The number of aliphatic hydroxyl groups excluding tert-OH is 1. The standard InChI is InChI=1S/C70H87N3O11/c1-2-3-4-5-6-7-8-9-10-11-12-13-32-45-60(74)83-65-62(75)66(68(80-50-57-41-28-18-29-42-57)69(81-51-58-43-30-19-31-44-58)67(65)79-49-56-39-26-17-27-40-56)84-70-61(72-73-71)64(78-48-55-37-24-16-25-38-55)63(77-47-54-35-22-15-23-36-54)59(82-70)52-76-46-53-33-20-14-21-34-53/h14-31,33-44,59,61-70,75H,2-13,32,45-52H2,1H3/t59?,61?,62?,63-,64-,65-,66?,67?,68+,69+,70-/m1/s1. The van der Waals surface area contributed by atoms with Gasteiger partial charge in [-0.2, -0.15) is 0 Å². The Morgan fingerprint density at radius 1 is 0.452 bits per heavy atom. The molecule has 2 fully saturated rings. The molecular formula is C70H87N3O11. The number of carbonyl (C=O) groups is 1. The summed E-state index contributed by atoms with van der Waals surface area (Å²) in [6.07, 6.45) is 3.68. The topological polar surface area (TPSA) is 169 Å². The average molecular weight is 1150 g/mol. The van der Waals surface area contributed by atoms with Crippen molar-refractivity contribution in [3.63, 3.8) is 0 Å². The normalized spacial score (nSPS) is 23.1. The molecule has 14 heteroatoms. The lowest BCUT2D eigenvalue weighted by Crippen LogP contribution is -2.69. The summed E-state index contributed by atoms with van der Waals surface area (Å²) in [5.74, 6) is -0.482. The van der Waals surface area contributed by atoms with Crippen LogP contribution in [-0.4, -0.2) is 85.0 Å². The molecule has 1 saturated heterocycles. The van der Waals surface area contributed by atoms with Gasteiger partial charge in [0.25, 0.3) is 0 Å². The lowest BCUT2D eigenvalue weighted by Gasteiger charge is -2.50. The predicted molar refractivity (Wildman–Crippen MR) is 324 cm³/mol. The summed E-state index contributed by atoms with van der Waals surface area (Å²) in [5, 5.41) is 17.6. The molecule has 1 aliphatic heterocycles. The van der Waals surface area contributed by atoms with Crippen LogP contribution in [0.2, 0.25) is 0 Å². The molecule has 14 nitrogen and oxygen atoms in total. The number of ether oxygens (including phenoxy) is 9. The van der Waals surface area contributed by atoms with Crippen molar-refractivity contribution in [2.45, 2.75) is 204 Å². The van der Waals surface area contributed by atoms with Gasteiger partial charge in [-0.05, 0) is 45.3 Å². The van der Waals surface area contributed by atoms with Gasteiger partial charge in [0.15, 0.2) is 12.4 Å². The van der Waals surface area contributed by atoms with Crippen molar-refractivity contribution in [1.82, 2.24) is 0 Å². The Hall–Kier alpha value is -6.26. The van der Waals surface area contributed by atoms with Gasteiger partial charge in [0.2, 0.25) is 0 Å². The molecule has 0 amide bonds. The largest absolute Gasteiger partial charge is 0.457 e. The van der Waals surface area contributed by atoms with Crippen molar-refractivity contribution < 1.29 is 52.5 Å². The van der Waals surface area contributed by atoms with Gasteiger partial charge in [0.1, 0.15) is 54.9 Å². The van der Waals surface area contributed by atoms with Gasteiger partial charge in [-0.1, -0.05) is 271 Å². The first-order valence-electron chi connectivity index (χ1n) is 30.6. The monoisotopic (exact) mass is 1150 g/mol. The molecule has 8 rings (SSSR count). The molecule has 2 aliphatic rings. The molecule has 11 atom stereocenters. The third kappa shape index (κ3) is 20.8. The number of carbonyl (C=O) groups excluding carboxylic acids is 1. The second-order valence-electron chi connectivity index (χ2n) is 22.1. The number of benzene rings is 6. The molecule has 0 spiro atoms. The zero-order valence-electron chi connectivity index (χ0n) is 48.9. The summed E-state index contributed by atoms with van der Waals surface area (Å²) < 4.78 is 61.7. The van der Waals surface area contributed by atoms with Gasteiger partial charge in [-0.15, -0.1) is 0 Å². The molecule has 0 aromatic heterocycles. The highest BCUT2D eigenvalue weighted by molar-refractivity contribution is 5.69. The van der Waals surface area contributed by atoms with Crippen molar-refractivity contribution in [3.05, 3.63) is 226 Å². The number of esters is 1. The molecule has 0 bridgehead atoms. The quantitative estimate of drug-likeness (QED) is 0.0129. The van der Waals surface area contributed by atoms with Gasteiger partial charge in [-0.25, -0.2) is 0 Å². The van der Waals surface area contributed by atoms with Crippen LogP contribution in [0.3, 0.4) is 0 Å². The van der Waals surface area contributed by atoms with Crippen LogP contribution in [0.4, 0.5) is 0 Å². The number of aliphatic hydroxyl groups is 1. The molecule has 0 radical (unpaired) electrons. The molecule has 5 unspecified atom stereocenters. The van der Waals surface area contributed by atoms with Gasteiger partial charge in [0, 0.05) is 11.3 Å². The second-order valence-corrected chi connectivity index (χ2v) is 22.1. The van der Waals surface area contributed by atoms with Crippen LogP contribution in [0, 0.1) is 0 Å². The van der Waals surface area contributed by atoms with Crippen LogP contribution in [0.15, 0.2) is 187 Å². The van der Waals surface area contributed by atoms with E-state index in [1.54, 1.807) is 0 Å². The highest BCUT2D eigenvalue weighted by Gasteiger charge is 2.58. The maximum absolute atomic E-state index is 14.3. The Morgan fingerprint density at radius 2 is 0.798 bits per heavy atom. The van der Waals surface area contributed by atoms with Crippen LogP contribution in [0.1, 0.15) is 130 Å². The van der Waals surface area contributed by atoms with Crippen molar-refractivity contribution in [3.8, 4) is 0 Å². The van der Waals surface area contributed by atoms with E-state index < -0.39 is 73.2 Å². The molecule has 1 aliphatic carbocycles. The summed E-state index contributed by atoms with van der Waals surface area (Å²) >= 11 is 0. The second kappa shape index (κ2) is 36.6. The minimum atomic E-state index is -1.60. The summed E-state index contributed by atoms with van der Waals surface area (Å²) in [5.41, 5.74) is 15.8. The van der Waals surface area contributed by atoms with Crippen LogP contribution in [0.5, 0.6) is 0 Å². The van der Waals surface area contributed by atoms with Gasteiger partial charge in [-0.3, -0.25) is 4.79 Å². The fourth-order valence-corrected chi connectivity index (χ4v) is 11.1. The maximum atomic E-state index is 14.3. The Kier molecular flexibility index (Phi) is 27.7. The number of hydrogen-bond acceptors (Lipinski definition) is 12. The molecule has 1 heterocycles. The summed E-state index contributed by atoms with van der Waals surface area (Å²) in [6, 6.07) is 57.2. The van der Waals surface area contributed by atoms with E-state index in [1.807, 2.05) is 182 Å². The number of hydrogen-bond donors (Lipinski definition) is 1. The predicted octanol–water partition coefficient (Wildman–Crippen LogP) is 14.7. The van der Waals surface area contributed by atoms with E-state index in [9.17, 15) is 15.4 Å². The number of azide groups is 1. The molecule has 448 valence electrons. The molecule has 6 aromatic rings. The lowest BCUT2D eigenvalue weighted by atomic mass is 9.83. The third-order valence-electron chi connectivity index (χ3n) is 15.6. The van der Waals surface area contributed by atoms with E-state index in [1.165, 1.54) is 57.8 Å². The fraction of sp³-hybridized carbons (Fsp3) is 0.471. The van der Waals surface area contributed by atoms with Crippen molar-refractivity contribution >= 4 is 5.97 Å². The Labute approximate surface area is 497 Å². The molecule has 1 N–H and O–H groups in total. The first-order chi connectivity index (χ1) is 41.5. The molecular weight excluding hydrogens is 1060 g/mol. The summed E-state index contributed by atoms with van der Waals surface area (Å²) in [4.78, 5) is 17.7. The van der Waals surface area contributed by atoms with Crippen LogP contribution < -0.4 is 0 Å². The average Bonchev–Trinajstić information content (AvgIpc) is 3.37. The summed E-state index contributed by atoms with van der Waals surface area (Å²) in [7, 11) is 0. The fourth-order valence-electron chi connectivity index (χ4n) is 11.1. The highest BCUT2D eigenvalue weighted by atomic mass is 16.7. The maximum Gasteiger partial charge on any atom is 0.306 e. The van der Waals surface area contributed by atoms with Crippen molar-refractivity contribution in [2.24, 2.45) is 5.11 Å². The van der Waals surface area contributed by atoms with Gasteiger partial charge >= 0.3 is 5.97 Å². The summed E-state index contributed by atoms with van der Waals surface area (Å²) in [6.45, 7) is 3.13. The van der Waals surface area contributed by atoms with Crippen molar-refractivity contribution in [1.29, 1.82) is 0 Å². The van der Waals surface area contributed by atoms with E-state index in [2.05, 4.69) is 16.9 Å². The first kappa shape index (κ1) is 63.8. The SMILES string of the molecule is CCCCCCCCCCCCCCCC(=O)O[C@@H]1C(O)C(O[C@H]2OC(COCc3ccccc3)[C@@H](OCc3ccccc3)[C@H](OCc3ccccc3)C2N=[N+]=[N-])[C@H](OCc2ccccc2)[C@@H](OCc2ccccc2)C1OCc1ccccc1. The zero-order valence-corrected chi connectivity index (χ0v) is 48.9. The van der Waals surface area contributed by atoms with Crippen LogP contribution >= 0.6 is 0 Å². The zero-order chi connectivity index (χ0) is 58.2. The Morgan fingerprint density at radius 3 is 1.20 bits per heavy atom. The van der Waals surface area contributed by atoms with E-state index in [0.29, 0.717) is 6.42 Å². The smallest absolute Gasteiger partial charge is 0.306 e. The van der Waals surface area contributed by atoms with E-state index >= 15 is 0 Å². The minimum absolute atomic E-state index is 0.0151. The molecule has 1 saturated carbocycles. The highest BCUT2D eigenvalue weighted by Crippen LogP contribution is 2.38. The van der Waals surface area contributed by atoms with Gasteiger partial charge < -0.3 is 47.7 Å².